The van der Waals surface area contributed by atoms with Crippen LogP contribution in [0.5, 0.6) is 0 Å². The number of H-pyrrole nitrogens is 1. The Bertz CT molecular complexity index is 1350. The van der Waals surface area contributed by atoms with Gasteiger partial charge in [-0.1, -0.05) is 109 Å². The molecule has 0 atom stereocenters. The number of nitrogens with zero attached hydrogens (tertiary/aromatic N) is 1. The molecule has 0 aliphatic carbocycles. The molecule has 0 radical (unpaired) electrons. The minimum Gasteiger partial charge on any atom is -0.352 e. The molecular weight excluding hydrogens is 450 g/mol. The summed E-state index contributed by atoms with van der Waals surface area (Å²) in [7, 11) is 0. The summed E-state index contributed by atoms with van der Waals surface area (Å²) < 4.78 is 0. The van der Waals surface area contributed by atoms with E-state index < -0.39 is 0 Å². The Morgan fingerprint density at radius 3 is 2.26 bits per heavy atom. The molecule has 0 unspecified atom stereocenters. The van der Waals surface area contributed by atoms with Crippen LogP contribution in [0.15, 0.2) is 108 Å². The van der Waals surface area contributed by atoms with Crippen molar-refractivity contribution in [3.8, 4) is 22.5 Å². The zero-order chi connectivity index (χ0) is 23.9. The average Bonchev–Trinajstić information content (AvgIpc) is 3.35. The molecule has 0 saturated carbocycles. The molecule has 0 aliphatic rings. The molecule has 1 heterocycles. The van der Waals surface area contributed by atoms with Gasteiger partial charge in [-0.2, -0.15) is 0 Å². The number of hydrogen-bond donors (Lipinski definition) is 2. The third-order valence-corrected chi connectivity index (χ3v) is 6.88. The van der Waals surface area contributed by atoms with Gasteiger partial charge in [-0.3, -0.25) is 4.79 Å². The van der Waals surface area contributed by atoms with E-state index in [1.807, 2.05) is 78.9 Å². The van der Waals surface area contributed by atoms with Crippen molar-refractivity contribution in [3.63, 3.8) is 0 Å². The SMILES string of the molecule is O=C(NCCCCSc1nc(-c2ccccc2)c(-c2ccccc2)[nH]1)c1cccc2ccccc12. The quantitative estimate of drug-likeness (QED) is 0.174. The van der Waals surface area contributed by atoms with Crippen molar-refractivity contribution in [2.75, 3.05) is 12.3 Å². The lowest BCUT2D eigenvalue weighted by Gasteiger charge is -2.08. The molecule has 5 rings (SSSR count). The number of benzene rings is 4. The Hall–Kier alpha value is -3.83. The molecular formula is C30H27N3OS. The van der Waals surface area contributed by atoms with Gasteiger partial charge in [0.05, 0.1) is 11.4 Å². The van der Waals surface area contributed by atoms with Gasteiger partial charge in [-0.05, 0) is 29.7 Å². The maximum atomic E-state index is 12.7. The van der Waals surface area contributed by atoms with Crippen LogP contribution in [-0.2, 0) is 0 Å². The van der Waals surface area contributed by atoms with Crippen LogP contribution in [0.3, 0.4) is 0 Å². The number of amides is 1. The second-order valence-corrected chi connectivity index (χ2v) is 9.42. The number of nitrogens with one attached hydrogen (secondary N) is 2. The van der Waals surface area contributed by atoms with Gasteiger partial charge in [-0.15, -0.1) is 0 Å². The number of imidazole rings is 1. The van der Waals surface area contributed by atoms with Crippen LogP contribution >= 0.6 is 11.8 Å². The first-order valence-electron chi connectivity index (χ1n) is 11.9. The Labute approximate surface area is 209 Å². The second kappa shape index (κ2) is 11.1. The maximum absolute atomic E-state index is 12.7. The first-order valence-corrected chi connectivity index (χ1v) is 12.9. The lowest BCUT2D eigenvalue weighted by atomic mass is 10.0. The van der Waals surface area contributed by atoms with E-state index in [9.17, 15) is 4.79 Å². The van der Waals surface area contributed by atoms with E-state index in [0.29, 0.717) is 6.54 Å². The number of carbonyl (C=O) groups is 1. The molecule has 35 heavy (non-hydrogen) atoms. The van der Waals surface area contributed by atoms with Gasteiger partial charge >= 0.3 is 0 Å². The number of fused-ring (bicyclic) bond motifs is 1. The fraction of sp³-hybridized carbons (Fsp3) is 0.133. The highest BCUT2D eigenvalue weighted by Crippen LogP contribution is 2.32. The molecule has 0 saturated heterocycles. The normalized spacial score (nSPS) is 11.0. The molecule has 0 aliphatic heterocycles. The third-order valence-electron chi connectivity index (χ3n) is 5.92. The standard InChI is InChI=1S/C30H27N3OS/c34-29(26-19-11-17-22-12-7-8-18-25(22)26)31-20-9-10-21-35-30-32-27(23-13-3-1-4-14-23)28(33-30)24-15-5-2-6-16-24/h1-8,11-19H,9-10,20-21H2,(H,31,34)(H,32,33). The molecule has 1 amide bonds. The summed E-state index contributed by atoms with van der Waals surface area (Å²) in [4.78, 5) is 21.1. The number of unbranched alkanes of at least 4 members (excludes halogenated alkanes) is 1. The zero-order valence-electron chi connectivity index (χ0n) is 19.4. The van der Waals surface area contributed by atoms with E-state index >= 15 is 0 Å². The van der Waals surface area contributed by atoms with Crippen molar-refractivity contribution >= 4 is 28.4 Å². The summed E-state index contributed by atoms with van der Waals surface area (Å²) in [5, 5.41) is 6.07. The van der Waals surface area contributed by atoms with E-state index in [-0.39, 0.29) is 5.91 Å². The van der Waals surface area contributed by atoms with Crippen molar-refractivity contribution in [2.24, 2.45) is 0 Å². The van der Waals surface area contributed by atoms with Crippen LogP contribution in [0, 0.1) is 0 Å². The average molecular weight is 478 g/mol. The lowest BCUT2D eigenvalue weighted by Crippen LogP contribution is -2.24. The van der Waals surface area contributed by atoms with Crippen LogP contribution in [0.4, 0.5) is 0 Å². The first kappa shape index (κ1) is 22.9. The molecule has 5 aromatic rings. The van der Waals surface area contributed by atoms with Crippen molar-refractivity contribution in [1.29, 1.82) is 0 Å². The molecule has 5 heteroatoms. The van der Waals surface area contributed by atoms with Crippen LogP contribution in [0.2, 0.25) is 0 Å². The predicted molar refractivity (Wildman–Crippen MR) is 146 cm³/mol. The molecule has 174 valence electrons. The fourth-order valence-corrected chi connectivity index (χ4v) is 5.03. The Morgan fingerprint density at radius 2 is 1.46 bits per heavy atom. The topological polar surface area (TPSA) is 57.8 Å². The lowest BCUT2D eigenvalue weighted by molar-refractivity contribution is 0.0955. The second-order valence-electron chi connectivity index (χ2n) is 8.34. The van der Waals surface area contributed by atoms with Gasteiger partial charge in [-0.25, -0.2) is 4.98 Å². The highest BCUT2D eigenvalue weighted by atomic mass is 32.2. The van der Waals surface area contributed by atoms with E-state index in [1.54, 1.807) is 11.8 Å². The number of thioether (sulfide) groups is 1. The van der Waals surface area contributed by atoms with Crippen molar-refractivity contribution in [1.82, 2.24) is 15.3 Å². The summed E-state index contributed by atoms with van der Waals surface area (Å²) in [5.74, 6) is 0.917. The first-order chi connectivity index (χ1) is 17.3. The smallest absolute Gasteiger partial charge is 0.251 e. The third kappa shape index (κ3) is 5.47. The van der Waals surface area contributed by atoms with Gasteiger partial charge in [0.2, 0.25) is 0 Å². The van der Waals surface area contributed by atoms with Gasteiger partial charge in [0.25, 0.3) is 5.91 Å². The van der Waals surface area contributed by atoms with E-state index in [0.717, 1.165) is 62.6 Å². The molecule has 0 fully saturated rings. The van der Waals surface area contributed by atoms with Gasteiger partial charge in [0.1, 0.15) is 0 Å². The minimum atomic E-state index is -0.0134. The largest absolute Gasteiger partial charge is 0.352 e. The van der Waals surface area contributed by atoms with Crippen molar-refractivity contribution in [2.45, 2.75) is 18.0 Å². The summed E-state index contributed by atoms with van der Waals surface area (Å²) in [6.07, 6.45) is 1.91. The Kier molecular flexibility index (Phi) is 7.25. The van der Waals surface area contributed by atoms with Crippen LogP contribution < -0.4 is 5.32 Å². The van der Waals surface area contributed by atoms with Gasteiger partial charge < -0.3 is 10.3 Å². The zero-order valence-corrected chi connectivity index (χ0v) is 20.2. The number of hydrogen-bond acceptors (Lipinski definition) is 3. The van der Waals surface area contributed by atoms with Gasteiger partial charge in [0.15, 0.2) is 5.16 Å². The van der Waals surface area contributed by atoms with Crippen molar-refractivity contribution < 1.29 is 4.79 Å². The Balaban J connectivity index is 1.16. The summed E-state index contributed by atoms with van der Waals surface area (Å²) in [6.45, 7) is 0.658. The molecule has 0 spiro atoms. The monoisotopic (exact) mass is 477 g/mol. The molecule has 2 N–H and O–H groups in total. The van der Waals surface area contributed by atoms with E-state index in [2.05, 4.69) is 34.6 Å². The maximum Gasteiger partial charge on any atom is 0.251 e. The fourth-order valence-electron chi connectivity index (χ4n) is 4.15. The summed E-state index contributed by atoms with van der Waals surface area (Å²) in [5.41, 5.74) is 4.98. The minimum absolute atomic E-state index is 0.0134. The van der Waals surface area contributed by atoms with Crippen LogP contribution in [0.25, 0.3) is 33.3 Å². The molecule has 1 aromatic heterocycles. The number of carbonyl (C=O) groups excluding carboxylic acids is 1. The Morgan fingerprint density at radius 1 is 0.771 bits per heavy atom. The summed E-state index contributed by atoms with van der Waals surface area (Å²) >= 11 is 1.72. The number of rotatable bonds is 9. The van der Waals surface area contributed by atoms with Crippen LogP contribution in [-0.4, -0.2) is 28.2 Å². The predicted octanol–water partition coefficient (Wildman–Crippen LogP) is 7.20. The number of aromatic amines is 1. The van der Waals surface area contributed by atoms with E-state index in [1.165, 1.54) is 0 Å². The molecule has 4 nitrogen and oxygen atoms in total. The van der Waals surface area contributed by atoms with Gasteiger partial charge in [0, 0.05) is 29.0 Å². The highest BCUT2D eigenvalue weighted by Gasteiger charge is 2.14. The van der Waals surface area contributed by atoms with E-state index in [4.69, 9.17) is 4.98 Å². The summed E-state index contributed by atoms with van der Waals surface area (Å²) in [6, 6.07) is 34.5. The van der Waals surface area contributed by atoms with Crippen LogP contribution in [0.1, 0.15) is 23.2 Å². The number of aromatic nitrogens is 2. The van der Waals surface area contributed by atoms with Crippen molar-refractivity contribution in [3.05, 3.63) is 109 Å². The highest BCUT2D eigenvalue weighted by molar-refractivity contribution is 7.99. The molecule has 0 bridgehead atoms. The molecule has 4 aromatic carbocycles.